The molecule has 0 spiro atoms. The van der Waals surface area contributed by atoms with Crippen LogP contribution in [0.25, 0.3) is 0 Å². The molecule has 0 aromatic carbocycles. The van der Waals surface area contributed by atoms with Crippen molar-refractivity contribution >= 4 is 0 Å². The lowest BCUT2D eigenvalue weighted by atomic mass is 9.83. The molecule has 0 aliphatic heterocycles. The normalized spacial score (nSPS) is 18.7. The van der Waals surface area contributed by atoms with E-state index in [9.17, 15) is 0 Å². The lowest BCUT2D eigenvalue weighted by Crippen LogP contribution is -2.46. The molecule has 78 valence electrons. The van der Waals surface area contributed by atoms with E-state index in [1.807, 2.05) is 7.05 Å². The van der Waals surface area contributed by atoms with E-state index >= 15 is 0 Å². The number of hydrogen-bond acceptors (Lipinski definition) is 2. The monoisotopic (exact) mass is 184 g/mol. The lowest BCUT2D eigenvalue weighted by molar-refractivity contribution is 0.286. The molecule has 0 aromatic rings. The summed E-state index contributed by atoms with van der Waals surface area (Å²) < 4.78 is 0. The van der Waals surface area contributed by atoms with E-state index in [0.717, 1.165) is 12.5 Å². The maximum Gasteiger partial charge on any atom is 0.0246 e. The van der Waals surface area contributed by atoms with Crippen molar-refractivity contribution in [3.63, 3.8) is 0 Å². The standard InChI is InChI=1S/C11H24N2/c1-11(2,12-3)9-13-8-7-10-5-4-6-10/h10,12-13H,4-9H2,1-3H3. The Bertz CT molecular complexity index is 139. The second-order valence-corrected chi connectivity index (χ2v) is 4.90. The minimum absolute atomic E-state index is 0.236. The zero-order valence-corrected chi connectivity index (χ0v) is 9.32. The highest BCUT2D eigenvalue weighted by molar-refractivity contribution is 4.78. The molecule has 1 saturated carbocycles. The Hall–Kier alpha value is -0.0800. The van der Waals surface area contributed by atoms with Crippen molar-refractivity contribution in [2.45, 2.75) is 45.1 Å². The first-order valence-electron chi connectivity index (χ1n) is 5.54. The van der Waals surface area contributed by atoms with Gasteiger partial charge in [0.05, 0.1) is 0 Å². The molecule has 1 aliphatic carbocycles. The van der Waals surface area contributed by atoms with E-state index in [1.165, 1.54) is 32.2 Å². The van der Waals surface area contributed by atoms with Gasteiger partial charge in [-0.15, -0.1) is 0 Å². The van der Waals surface area contributed by atoms with Gasteiger partial charge >= 0.3 is 0 Å². The van der Waals surface area contributed by atoms with Gasteiger partial charge in [0.25, 0.3) is 0 Å². The fourth-order valence-corrected chi connectivity index (χ4v) is 1.58. The third-order valence-electron chi connectivity index (χ3n) is 3.20. The average Bonchev–Trinajstić information content (AvgIpc) is 2.01. The summed E-state index contributed by atoms with van der Waals surface area (Å²) >= 11 is 0. The van der Waals surface area contributed by atoms with Crippen LogP contribution in [0.2, 0.25) is 0 Å². The highest BCUT2D eigenvalue weighted by Crippen LogP contribution is 2.28. The zero-order valence-electron chi connectivity index (χ0n) is 9.32. The van der Waals surface area contributed by atoms with Crippen LogP contribution >= 0.6 is 0 Å². The Balaban J connectivity index is 1.93. The topological polar surface area (TPSA) is 24.1 Å². The fraction of sp³-hybridized carbons (Fsp3) is 1.00. The molecule has 0 saturated heterocycles. The molecule has 0 heterocycles. The van der Waals surface area contributed by atoms with Gasteiger partial charge in [-0.1, -0.05) is 19.3 Å². The molecular weight excluding hydrogens is 160 g/mol. The van der Waals surface area contributed by atoms with Crippen LogP contribution in [0.1, 0.15) is 39.5 Å². The molecule has 13 heavy (non-hydrogen) atoms. The first-order valence-corrected chi connectivity index (χ1v) is 5.54. The summed E-state index contributed by atoms with van der Waals surface area (Å²) in [4.78, 5) is 0. The highest BCUT2D eigenvalue weighted by Gasteiger charge is 2.17. The van der Waals surface area contributed by atoms with Gasteiger partial charge in [0.1, 0.15) is 0 Å². The summed E-state index contributed by atoms with van der Waals surface area (Å²) in [5.74, 6) is 1.03. The number of likely N-dealkylation sites (N-methyl/N-ethyl adjacent to an activating group) is 1. The molecular formula is C11H24N2. The van der Waals surface area contributed by atoms with Crippen LogP contribution in [0.5, 0.6) is 0 Å². The van der Waals surface area contributed by atoms with Crippen molar-refractivity contribution in [1.82, 2.24) is 10.6 Å². The number of nitrogens with one attached hydrogen (secondary N) is 2. The first-order chi connectivity index (χ1) is 6.14. The Morgan fingerprint density at radius 2 is 2.00 bits per heavy atom. The summed E-state index contributed by atoms with van der Waals surface area (Å²) in [5, 5.41) is 6.81. The van der Waals surface area contributed by atoms with Gasteiger partial charge in [0.2, 0.25) is 0 Å². The van der Waals surface area contributed by atoms with Gasteiger partial charge in [-0.2, -0.15) is 0 Å². The smallest absolute Gasteiger partial charge is 0.0246 e. The van der Waals surface area contributed by atoms with E-state index in [2.05, 4.69) is 24.5 Å². The summed E-state index contributed by atoms with van der Waals surface area (Å²) in [6.45, 7) is 6.71. The van der Waals surface area contributed by atoms with Crippen LogP contribution < -0.4 is 10.6 Å². The minimum atomic E-state index is 0.236. The molecule has 1 rings (SSSR count). The summed E-state index contributed by atoms with van der Waals surface area (Å²) in [5.41, 5.74) is 0.236. The maximum atomic E-state index is 3.51. The maximum absolute atomic E-state index is 3.51. The van der Waals surface area contributed by atoms with Crippen molar-refractivity contribution in [3.8, 4) is 0 Å². The third-order valence-corrected chi connectivity index (χ3v) is 3.20. The highest BCUT2D eigenvalue weighted by atomic mass is 15.0. The zero-order chi connectivity index (χ0) is 9.73. The van der Waals surface area contributed by atoms with Gasteiger partial charge in [-0.05, 0) is 39.8 Å². The van der Waals surface area contributed by atoms with Crippen LogP contribution in [-0.4, -0.2) is 25.7 Å². The molecule has 1 fully saturated rings. The molecule has 0 unspecified atom stereocenters. The van der Waals surface area contributed by atoms with Crippen molar-refractivity contribution < 1.29 is 0 Å². The molecule has 2 heteroatoms. The van der Waals surface area contributed by atoms with Crippen LogP contribution in [-0.2, 0) is 0 Å². The Kier molecular flexibility index (Phi) is 4.20. The van der Waals surface area contributed by atoms with E-state index in [4.69, 9.17) is 0 Å². The lowest BCUT2D eigenvalue weighted by Gasteiger charge is -2.27. The summed E-state index contributed by atoms with van der Waals surface area (Å²) in [6.07, 6.45) is 5.78. The van der Waals surface area contributed by atoms with Crippen LogP contribution in [0.4, 0.5) is 0 Å². The minimum Gasteiger partial charge on any atom is -0.315 e. The average molecular weight is 184 g/mol. The van der Waals surface area contributed by atoms with E-state index in [0.29, 0.717) is 0 Å². The first kappa shape index (κ1) is 11.0. The van der Waals surface area contributed by atoms with Gasteiger partial charge in [0, 0.05) is 12.1 Å². The largest absolute Gasteiger partial charge is 0.315 e. The van der Waals surface area contributed by atoms with Crippen LogP contribution in [0.15, 0.2) is 0 Å². The van der Waals surface area contributed by atoms with Gasteiger partial charge < -0.3 is 10.6 Å². The molecule has 0 aromatic heterocycles. The Morgan fingerprint density at radius 1 is 1.31 bits per heavy atom. The third kappa shape index (κ3) is 4.10. The van der Waals surface area contributed by atoms with Gasteiger partial charge in [0.15, 0.2) is 0 Å². The van der Waals surface area contributed by atoms with Crippen molar-refractivity contribution in [3.05, 3.63) is 0 Å². The SMILES string of the molecule is CNC(C)(C)CNCCC1CCC1. The van der Waals surface area contributed by atoms with Crippen molar-refractivity contribution in [2.24, 2.45) is 5.92 Å². The van der Waals surface area contributed by atoms with E-state index in [1.54, 1.807) is 0 Å². The van der Waals surface area contributed by atoms with Gasteiger partial charge in [-0.25, -0.2) is 0 Å². The number of rotatable bonds is 6. The summed E-state index contributed by atoms with van der Waals surface area (Å²) in [7, 11) is 2.02. The second-order valence-electron chi connectivity index (χ2n) is 4.90. The van der Waals surface area contributed by atoms with Crippen molar-refractivity contribution in [1.29, 1.82) is 0 Å². The molecule has 0 bridgehead atoms. The molecule has 2 N–H and O–H groups in total. The van der Waals surface area contributed by atoms with Crippen LogP contribution in [0.3, 0.4) is 0 Å². The number of hydrogen-bond donors (Lipinski definition) is 2. The van der Waals surface area contributed by atoms with Crippen LogP contribution in [0, 0.1) is 5.92 Å². The molecule has 0 amide bonds. The summed E-state index contributed by atoms with van der Waals surface area (Å²) in [6, 6.07) is 0. The fourth-order valence-electron chi connectivity index (χ4n) is 1.58. The van der Waals surface area contributed by atoms with E-state index < -0.39 is 0 Å². The Morgan fingerprint density at radius 3 is 2.46 bits per heavy atom. The predicted octanol–water partition coefficient (Wildman–Crippen LogP) is 1.76. The molecule has 1 aliphatic rings. The van der Waals surface area contributed by atoms with Crippen molar-refractivity contribution in [2.75, 3.05) is 20.1 Å². The van der Waals surface area contributed by atoms with E-state index in [-0.39, 0.29) is 5.54 Å². The Labute approximate surface area is 82.5 Å². The molecule has 0 radical (unpaired) electrons. The molecule has 2 nitrogen and oxygen atoms in total. The molecule has 0 atom stereocenters. The second kappa shape index (κ2) is 4.97. The van der Waals surface area contributed by atoms with Gasteiger partial charge in [-0.3, -0.25) is 0 Å². The predicted molar refractivity (Wildman–Crippen MR) is 58.0 cm³/mol. The quantitative estimate of drug-likeness (QED) is 0.615.